The van der Waals surface area contributed by atoms with E-state index in [0.717, 1.165) is 30.8 Å². The summed E-state index contributed by atoms with van der Waals surface area (Å²) in [6.45, 7) is 1.41. The molecule has 7 nitrogen and oxygen atoms in total. The molecule has 0 atom stereocenters. The molecule has 0 spiro atoms. The number of carbonyl (C=O) groups is 2. The Balaban J connectivity index is 1.46. The first-order valence-corrected chi connectivity index (χ1v) is 9.77. The third-order valence-electron chi connectivity index (χ3n) is 3.84. The normalized spacial score (nSPS) is 20.0. The molecule has 1 aliphatic rings. The number of rotatable bonds is 5. The highest BCUT2D eigenvalue weighted by Gasteiger charge is 2.24. The summed E-state index contributed by atoms with van der Waals surface area (Å²) < 4.78 is 0. The van der Waals surface area contributed by atoms with Crippen LogP contribution in [0.2, 0.25) is 0 Å². The van der Waals surface area contributed by atoms with Gasteiger partial charge in [-0.05, 0) is 31.7 Å². The van der Waals surface area contributed by atoms with Crippen molar-refractivity contribution in [2.24, 2.45) is 0 Å². The fraction of sp³-hybridized carbons (Fsp3) is 0.438. The van der Waals surface area contributed by atoms with Crippen LogP contribution in [0.4, 0.5) is 5.13 Å². The van der Waals surface area contributed by atoms with E-state index >= 15 is 0 Å². The van der Waals surface area contributed by atoms with Gasteiger partial charge in [0.15, 0.2) is 10.3 Å². The number of thioether (sulfide) groups is 1. The van der Waals surface area contributed by atoms with E-state index in [9.17, 15) is 9.59 Å². The van der Waals surface area contributed by atoms with Gasteiger partial charge in [0.1, 0.15) is 4.88 Å². The average Bonchev–Trinajstić information content (AvgIpc) is 3.05. The minimum atomic E-state index is -0.195. The lowest BCUT2D eigenvalue weighted by molar-refractivity contribution is -0.114. The zero-order valence-corrected chi connectivity index (χ0v) is 15.4. The van der Waals surface area contributed by atoms with E-state index in [4.69, 9.17) is 0 Å². The molecule has 0 aromatic carbocycles. The van der Waals surface area contributed by atoms with Gasteiger partial charge in [0, 0.05) is 30.6 Å². The minimum absolute atomic E-state index is 0.128. The Morgan fingerprint density at radius 2 is 1.88 bits per heavy atom. The predicted octanol–water partition coefficient (Wildman–Crippen LogP) is 2.72. The Hall–Kier alpha value is -2.00. The van der Waals surface area contributed by atoms with Gasteiger partial charge in [0.25, 0.3) is 5.91 Å². The summed E-state index contributed by atoms with van der Waals surface area (Å²) in [4.78, 5) is 36.4. The molecule has 3 rings (SSSR count). The highest BCUT2D eigenvalue weighted by Crippen LogP contribution is 2.32. The SMILES string of the molecule is CC(=O)Nc1ncc(C(=O)NC2CCC(Sc3ncccn3)CC2)s1. The van der Waals surface area contributed by atoms with Crippen LogP contribution in [0.5, 0.6) is 0 Å². The number of nitrogens with zero attached hydrogens (tertiary/aromatic N) is 3. The molecule has 2 N–H and O–H groups in total. The Bertz CT molecular complexity index is 729. The quantitative estimate of drug-likeness (QED) is 0.778. The van der Waals surface area contributed by atoms with Crippen LogP contribution in [0.25, 0.3) is 0 Å². The van der Waals surface area contributed by atoms with Crippen molar-refractivity contribution in [3.63, 3.8) is 0 Å². The number of anilines is 1. The standard InChI is InChI=1S/C16H19N5O2S2/c1-10(22)20-16-19-9-13(25-16)14(23)21-11-3-5-12(6-4-11)24-15-17-7-2-8-18-15/h2,7-9,11-12H,3-6H2,1H3,(H,21,23)(H,19,20,22). The lowest BCUT2D eigenvalue weighted by atomic mass is 9.95. The Morgan fingerprint density at radius 1 is 1.16 bits per heavy atom. The van der Waals surface area contributed by atoms with Gasteiger partial charge in [0.2, 0.25) is 5.91 Å². The van der Waals surface area contributed by atoms with E-state index in [-0.39, 0.29) is 17.9 Å². The third-order valence-corrected chi connectivity index (χ3v) is 5.97. The zero-order valence-electron chi connectivity index (χ0n) is 13.8. The first-order chi connectivity index (χ1) is 12.1. The molecule has 2 amide bonds. The summed E-state index contributed by atoms with van der Waals surface area (Å²) >= 11 is 2.89. The average molecular weight is 377 g/mol. The van der Waals surface area contributed by atoms with Crippen molar-refractivity contribution in [2.45, 2.75) is 49.1 Å². The van der Waals surface area contributed by atoms with Crippen molar-refractivity contribution in [3.05, 3.63) is 29.5 Å². The molecule has 0 radical (unpaired) electrons. The van der Waals surface area contributed by atoms with E-state index in [1.165, 1.54) is 24.5 Å². The van der Waals surface area contributed by atoms with Crippen molar-refractivity contribution in [2.75, 3.05) is 5.32 Å². The Kier molecular flexibility index (Phi) is 5.98. The van der Waals surface area contributed by atoms with Crippen molar-refractivity contribution in [1.29, 1.82) is 0 Å². The molecule has 1 aliphatic carbocycles. The van der Waals surface area contributed by atoms with Crippen LogP contribution in [0.1, 0.15) is 42.3 Å². The topological polar surface area (TPSA) is 96.9 Å². The molecule has 2 aromatic rings. The van der Waals surface area contributed by atoms with Crippen molar-refractivity contribution in [1.82, 2.24) is 20.3 Å². The van der Waals surface area contributed by atoms with Crippen LogP contribution in [0.15, 0.2) is 29.8 Å². The fourth-order valence-corrected chi connectivity index (χ4v) is 4.48. The number of hydrogen-bond acceptors (Lipinski definition) is 7. The minimum Gasteiger partial charge on any atom is -0.349 e. The molecule has 0 aliphatic heterocycles. The smallest absolute Gasteiger partial charge is 0.263 e. The van der Waals surface area contributed by atoms with E-state index in [1.54, 1.807) is 24.2 Å². The van der Waals surface area contributed by atoms with Crippen LogP contribution < -0.4 is 10.6 Å². The summed E-state index contributed by atoms with van der Waals surface area (Å²) in [5, 5.41) is 7.40. The van der Waals surface area contributed by atoms with Crippen molar-refractivity contribution >= 4 is 40.0 Å². The van der Waals surface area contributed by atoms with Crippen LogP contribution in [0.3, 0.4) is 0 Å². The molecule has 0 unspecified atom stereocenters. The highest BCUT2D eigenvalue weighted by atomic mass is 32.2. The second-order valence-corrected chi connectivity index (χ2v) is 8.11. The summed E-state index contributed by atoms with van der Waals surface area (Å²) in [6, 6.07) is 1.99. The summed E-state index contributed by atoms with van der Waals surface area (Å²) in [7, 11) is 0. The van der Waals surface area contributed by atoms with Gasteiger partial charge in [0.05, 0.1) is 6.20 Å². The molecule has 0 saturated heterocycles. The lowest BCUT2D eigenvalue weighted by Gasteiger charge is -2.28. The summed E-state index contributed by atoms with van der Waals surface area (Å²) in [6.07, 6.45) is 8.93. The molecule has 2 heterocycles. The number of carbonyl (C=O) groups excluding carboxylic acids is 2. The maximum absolute atomic E-state index is 12.3. The van der Waals surface area contributed by atoms with Crippen LogP contribution >= 0.6 is 23.1 Å². The second kappa shape index (κ2) is 8.39. The zero-order chi connectivity index (χ0) is 17.6. The van der Waals surface area contributed by atoms with Gasteiger partial charge in [-0.15, -0.1) is 0 Å². The van der Waals surface area contributed by atoms with Crippen LogP contribution in [-0.2, 0) is 4.79 Å². The van der Waals surface area contributed by atoms with Gasteiger partial charge in [-0.3, -0.25) is 9.59 Å². The first-order valence-electron chi connectivity index (χ1n) is 8.08. The second-order valence-electron chi connectivity index (χ2n) is 5.81. The van der Waals surface area contributed by atoms with Crippen molar-refractivity contribution in [3.8, 4) is 0 Å². The molecule has 1 saturated carbocycles. The Labute approximate surface area is 154 Å². The number of thiazole rings is 1. The molecular weight excluding hydrogens is 358 g/mol. The van der Waals surface area contributed by atoms with Crippen LogP contribution in [0, 0.1) is 0 Å². The van der Waals surface area contributed by atoms with Crippen LogP contribution in [-0.4, -0.2) is 38.1 Å². The van der Waals surface area contributed by atoms with E-state index in [2.05, 4.69) is 25.6 Å². The predicted molar refractivity (Wildman–Crippen MR) is 97.8 cm³/mol. The number of amides is 2. The molecule has 1 fully saturated rings. The highest BCUT2D eigenvalue weighted by molar-refractivity contribution is 7.99. The van der Waals surface area contributed by atoms with E-state index < -0.39 is 0 Å². The third kappa shape index (κ3) is 5.23. The Morgan fingerprint density at radius 3 is 2.56 bits per heavy atom. The van der Waals surface area contributed by atoms with Gasteiger partial charge in [-0.25, -0.2) is 15.0 Å². The fourth-order valence-electron chi connectivity index (χ4n) is 2.66. The lowest BCUT2D eigenvalue weighted by Crippen LogP contribution is -2.37. The monoisotopic (exact) mass is 377 g/mol. The molecule has 25 heavy (non-hydrogen) atoms. The maximum atomic E-state index is 12.3. The van der Waals surface area contributed by atoms with Gasteiger partial charge >= 0.3 is 0 Å². The largest absolute Gasteiger partial charge is 0.349 e. The van der Waals surface area contributed by atoms with E-state index in [0.29, 0.717) is 15.3 Å². The van der Waals surface area contributed by atoms with Crippen molar-refractivity contribution < 1.29 is 9.59 Å². The molecule has 0 bridgehead atoms. The molecule has 2 aromatic heterocycles. The summed E-state index contributed by atoms with van der Waals surface area (Å²) in [5.41, 5.74) is 0. The number of hydrogen-bond donors (Lipinski definition) is 2. The first kappa shape index (κ1) is 17.8. The maximum Gasteiger partial charge on any atom is 0.263 e. The molecular formula is C16H19N5O2S2. The molecule has 9 heteroatoms. The van der Waals surface area contributed by atoms with Gasteiger partial charge < -0.3 is 10.6 Å². The van der Waals surface area contributed by atoms with Gasteiger partial charge in [-0.1, -0.05) is 23.1 Å². The number of aromatic nitrogens is 3. The number of nitrogens with one attached hydrogen (secondary N) is 2. The summed E-state index contributed by atoms with van der Waals surface area (Å²) in [5.74, 6) is -0.323. The van der Waals surface area contributed by atoms with E-state index in [1.807, 2.05) is 6.07 Å². The van der Waals surface area contributed by atoms with Gasteiger partial charge in [-0.2, -0.15) is 0 Å². The molecule has 132 valence electrons.